The zero-order chi connectivity index (χ0) is 21.0. The molecular weight excluding hydrogens is 372 g/mol. The van der Waals surface area contributed by atoms with Crippen molar-refractivity contribution in [2.24, 2.45) is 0 Å². The second-order valence-electron chi connectivity index (χ2n) is 6.51. The maximum absolute atomic E-state index is 13.2. The largest absolute Gasteiger partial charge is 0.496 e. The molecule has 0 aliphatic carbocycles. The Morgan fingerprint density at radius 2 is 1.69 bits per heavy atom. The number of aryl methyl sites for hydroxylation is 1. The number of rotatable bonds is 7. The number of hydrogen-bond acceptors (Lipinski definition) is 6. The highest BCUT2D eigenvalue weighted by atomic mass is 16.5. The first-order valence-corrected chi connectivity index (χ1v) is 9.06. The molecule has 0 aliphatic rings. The van der Waals surface area contributed by atoms with Gasteiger partial charge < -0.3 is 23.6 Å². The van der Waals surface area contributed by atoms with E-state index in [4.69, 9.17) is 18.7 Å². The summed E-state index contributed by atoms with van der Waals surface area (Å²) in [5.41, 5.74) is 2.49. The van der Waals surface area contributed by atoms with E-state index < -0.39 is 0 Å². The molecule has 0 saturated heterocycles. The lowest BCUT2D eigenvalue weighted by molar-refractivity contribution is 0.0784. The van der Waals surface area contributed by atoms with Crippen molar-refractivity contribution in [3.63, 3.8) is 0 Å². The van der Waals surface area contributed by atoms with Crippen molar-refractivity contribution < 1.29 is 23.5 Å². The van der Waals surface area contributed by atoms with Gasteiger partial charge >= 0.3 is 0 Å². The van der Waals surface area contributed by atoms with Crippen LogP contribution in [0.1, 0.15) is 21.7 Å². The quantitative estimate of drug-likeness (QED) is 0.602. The molecule has 0 radical (unpaired) electrons. The molecule has 1 heterocycles. The van der Waals surface area contributed by atoms with Crippen molar-refractivity contribution in [3.05, 3.63) is 59.4 Å². The Hall–Kier alpha value is -3.48. The molecule has 29 heavy (non-hydrogen) atoms. The smallest absolute Gasteiger partial charge is 0.259 e. The van der Waals surface area contributed by atoms with Gasteiger partial charge in [0.25, 0.3) is 5.91 Å². The lowest BCUT2D eigenvalue weighted by Gasteiger charge is -2.18. The first kappa shape index (κ1) is 20.3. The molecule has 0 spiro atoms. The highest BCUT2D eigenvalue weighted by molar-refractivity contribution is 6.01. The van der Waals surface area contributed by atoms with Gasteiger partial charge in [0.15, 0.2) is 11.5 Å². The summed E-state index contributed by atoms with van der Waals surface area (Å²) in [4.78, 5) is 14.8. The second kappa shape index (κ2) is 8.68. The van der Waals surface area contributed by atoms with Gasteiger partial charge in [0.1, 0.15) is 22.8 Å². The summed E-state index contributed by atoms with van der Waals surface area (Å²) >= 11 is 0. The van der Waals surface area contributed by atoms with E-state index >= 15 is 0 Å². The number of benzene rings is 2. The minimum atomic E-state index is -0.195. The van der Waals surface area contributed by atoms with Crippen LogP contribution in [0.5, 0.6) is 17.2 Å². The molecule has 152 valence electrons. The Labute approximate surface area is 169 Å². The molecule has 2 aromatic carbocycles. The highest BCUT2D eigenvalue weighted by Gasteiger charge is 2.26. The first-order chi connectivity index (χ1) is 14.0. The van der Waals surface area contributed by atoms with Crippen LogP contribution in [0.2, 0.25) is 0 Å². The maximum Gasteiger partial charge on any atom is 0.259 e. The Bertz CT molecular complexity index is 1010. The minimum absolute atomic E-state index is 0.195. The predicted octanol–water partition coefficient (Wildman–Crippen LogP) is 3.95. The molecule has 0 bridgehead atoms. The van der Waals surface area contributed by atoms with E-state index in [-0.39, 0.29) is 5.91 Å². The molecule has 3 rings (SSSR count). The second-order valence-corrected chi connectivity index (χ2v) is 6.51. The van der Waals surface area contributed by atoms with Crippen molar-refractivity contribution in [3.8, 4) is 28.5 Å². The summed E-state index contributed by atoms with van der Waals surface area (Å²) in [5.74, 6) is 2.13. The molecule has 0 N–H and O–H groups in total. The fourth-order valence-electron chi connectivity index (χ4n) is 3.16. The number of methoxy groups -OCH3 is 3. The summed E-state index contributed by atoms with van der Waals surface area (Å²) in [5, 5.41) is 4.12. The van der Waals surface area contributed by atoms with Crippen LogP contribution in [0, 0.1) is 6.92 Å². The van der Waals surface area contributed by atoms with Gasteiger partial charge in [0.2, 0.25) is 0 Å². The number of para-hydroxylation sites is 1. The molecule has 1 amide bonds. The van der Waals surface area contributed by atoms with Crippen molar-refractivity contribution in [2.45, 2.75) is 13.5 Å². The SMILES string of the molecule is COc1ccc(CN(C)C(=O)c2c(-c3ccccc3OC)noc2C)cc1OC. The lowest BCUT2D eigenvalue weighted by atomic mass is 10.0. The number of hydrogen-bond donors (Lipinski definition) is 0. The van der Waals surface area contributed by atoms with E-state index in [1.165, 1.54) is 0 Å². The number of carbonyl (C=O) groups excluding carboxylic acids is 1. The van der Waals surface area contributed by atoms with Gasteiger partial charge in [-0.3, -0.25) is 4.79 Å². The van der Waals surface area contributed by atoms with Gasteiger partial charge in [-0.05, 0) is 36.8 Å². The molecule has 0 aliphatic heterocycles. The maximum atomic E-state index is 13.2. The molecule has 7 heteroatoms. The van der Waals surface area contributed by atoms with E-state index in [0.717, 1.165) is 5.56 Å². The molecule has 7 nitrogen and oxygen atoms in total. The topological polar surface area (TPSA) is 74.0 Å². The zero-order valence-corrected chi connectivity index (χ0v) is 17.2. The summed E-state index contributed by atoms with van der Waals surface area (Å²) < 4.78 is 21.4. The predicted molar refractivity (Wildman–Crippen MR) is 109 cm³/mol. The van der Waals surface area contributed by atoms with Gasteiger partial charge in [-0.25, -0.2) is 0 Å². The zero-order valence-electron chi connectivity index (χ0n) is 17.2. The molecule has 3 aromatic rings. The molecule has 0 atom stereocenters. The molecular formula is C22H24N2O5. The van der Waals surface area contributed by atoms with Gasteiger partial charge in [-0.15, -0.1) is 0 Å². The first-order valence-electron chi connectivity index (χ1n) is 9.06. The van der Waals surface area contributed by atoms with Gasteiger partial charge in [0, 0.05) is 19.2 Å². The van der Waals surface area contributed by atoms with Crippen LogP contribution in [0.3, 0.4) is 0 Å². The fourth-order valence-corrected chi connectivity index (χ4v) is 3.16. The Balaban J connectivity index is 1.90. The Kier molecular flexibility index (Phi) is 6.07. The van der Waals surface area contributed by atoms with Crippen molar-refractivity contribution in [1.29, 1.82) is 0 Å². The number of nitrogens with zero attached hydrogens (tertiary/aromatic N) is 2. The van der Waals surface area contributed by atoms with E-state index in [2.05, 4.69) is 5.16 Å². The summed E-state index contributed by atoms with van der Waals surface area (Å²) in [6.07, 6.45) is 0. The van der Waals surface area contributed by atoms with Crippen LogP contribution in [-0.2, 0) is 6.54 Å². The average Bonchev–Trinajstić information content (AvgIpc) is 3.13. The van der Waals surface area contributed by atoms with Gasteiger partial charge in [-0.2, -0.15) is 0 Å². The monoisotopic (exact) mass is 396 g/mol. The third kappa shape index (κ3) is 4.03. The van der Waals surface area contributed by atoms with E-state index in [1.54, 1.807) is 40.2 Å². The summed E-state index contributed by atoms with van der Waals surface area (Å²) in [7, 11) is 6.48. The van der Waals surface area contributed by atoms with Crippen LogP contribution < -0.4 is 14.2 Å². The standard InChI is InChI=1S/C22H24N2O5/c1-14-20(21(23-29-14)16-8-6-7-9-17(16)26-3)22(25)24(2)13-15-10-11-18(27-4)19(12-15)28-5/h6-12H,13H2,1-5H3. The van der Waals surface area contributed by atoms with Crippen LogP contribution in [0.4, 0.5) is 0 Å². The molecule has 0 saturated carbocycles. The van der Waals surface area contributed by atoms with Gasteiger partial charge in [0.05, 0.1) is 21.3 Å². The number of ether oxygens (including phenoxy) is 3. The molecule has 1 aromatic heterocycles. The third-order valence-corrected chi connectivity index (χ3v) is 4.65. The number of carbonyl (C=O) groups is 1. The average molecular weight is 396 g/mol. The third-order valence-electron chi connectivity index (χ3n) is 4.65. The van der Waals surface area contributed by atoms with E-state index in [1.807, 2.05) is 42.5 Å². The van der Waals surface area contributed by atoms with Crippen LogP contribution >= 0.6 is 0 Å². The highest BCUT2D eigenvalue weighted by Crippen LogP contribution is 2.33. The van der Waals surface area contributed by atoms with E-state index in [9.17, 15) is 4.79 Å². The van der Waals surface area contributed by atoms with Crippen molar-refractivity contribution in [1.82, 2.24) is 10.1 Å². The molecule has 0 fully saturated rings. The van der Waals surface area contributed by atoms with Gasteiger partial charge in [-0.1, -0.05) is 23.4 Å². The Morgan fingerprint density at radius 1 is 1.00 bits per heavy atom. The van der Waals surface area contributed by atoms with E-state index in [0.29, 0.717) is 46.4 Å². The number of amides is 1. The van der Waals surface area contributed by atoms with Crippen molar-refractivity contribution in [2.75, 3.05) is 28.4 Å². The summed E-state index contributed by atoms with van der Waals surface area (Å²) in [6.45, 7) is 2.11. The molecule has 0 unspecified atom stereocenters. The summed E-state index contributed by atoms with van der Waals surface area (Å²) in [6, 6.07) is 13.0. The normalized spacial score (nSPS) is 10.5. The van der Waals surface area contributed by atoms with Crippen LogP contribution in [0.25, 0.3) is 11.3 Å². The lowest BCUT2D eigenvalue weighted by Crippen LogP contribution is -2.27. The Morgan fingerprint density at radius 3 is 2.38 bits per heavy atom. The number of aromatic nitrogens is 1. The van der Waals surface area contributed by atoms with Crippen LogP contribution in [-0.4, -0.2) is 44.3 Å². The van der Waals surface area contributed by atoms with Crippen molar-refractivity contribution >= 4 is 5.91 Å². The minimum Gasteiger partial charge on any atom is -0.496 e. The van der Waals surface area contributed by atoms with Crippen LogP contribution in [0.15, 0.2) is 47.0 Å². The fraction of sp³-hybridized carbons (Fsp3) is 0.273.